The Morgan fingerprint density at radius 3 is 2.45 bits per heavy atom. The van der Waals surface area contributed by atoms with Crippen LogP contribution in [0.4, 0.5) is 10.5 Å². The van der Waals surface area contributed by atoms with Gasteiger partial charge in [-0.1, -0.05) is 73.5 Å². The monoisotopic (exact) mass is 582 g/mol. The van der Waals surface area contributed by atoms with Gasteiger partial charge in [0.2, 0.25) is 0 Å². The lowest BCUT2D eigenvalue weighted by Gasteiger charge is -2.44. The van der Waals surface area contributed by atoms with Crippen LogP contribution >= 0.6 is 11.8 Å². The van der Waals surface area contributed by atoms with Gasteiger partial charge in [-0.05, 0) is 81.5 Å². The fourth-order valence-electron chi connectivity index (χ4n) is 6.59. The standard InChI is InChI=1S/C35H42N4O2S/c1-26(2)41-29-15-11-12-27(24-29)25-38-22-20-35(21-23-38)33(36-28-13-5-3-6-14-28)37-34(40)39(35)31-18-9-10-19-32(31)42-30-16-7-4-8-17-30/h4,7-12,15-19,24,26,28H,3,5-6,13-14,20-23,25H2,1-2H3,(H,36,37,40). The minimum atomic E-state index is -0.471. The first kappa shape index (κ1) is 28.8. The number of hydrogen-bond donors (Lipinski definition) is 1. The molecule has 1 aliphatic carbocycles. The molecule has 0 aromatic heterocycles. The molecule has 1 saturated carbocycles. The van der Waals surface area contributed by atoms with E-state index >= 15 is 0 Å². The molecule has 2 heterocycles. The molecule has 3 fully saturated rings. The average Bonchev–Trinajstić information content (AvgIpc) is 3.25. The number of urea groups is 1. The smallest absolute Gasteiger partial charge is 0.328 e. The number of anilines is 1. The van der Waals surface area contributed by atoms with E-state index in [2.05, 4.69) is 84.7 Å². The van der Waals surface area contributed by atoms with Crippen molar-refractivity contribution in [2.75, 3.05) is 18.0 Å². The van der Waals surface area contributed by atoms with Crippen molar-refractivity contribution in [1.82, 2.24) is 10.2 Å². The van der Waals surface area contributed by atoms with Gasteiger partial charge in [-0.25, -0.2) is 4.79 Å². The molecule has 3 aliphatic rings. The first-order chi connectivity index (χ1) is 20.5. The quantitative estimate of drug-likeness (QED) is 0.293. The maximum Gasteiger partial charge on any atom is 0.328 e. The van der Waals surface area contributed by atoms with Crippen LogP contribution in [-0.4, -0.2) is 47.5 Å². The number of rotatable bonds is 8. The molecule has 1 spiro atoms. The fourth-order valence-corrected chi connectivity index (χ4v) is 7.55. The van der Waals surface area contributed by atoms with Gasteiger partial charge in [0.05, 0.1) is 17.8 Å². The van der Waals surface area contributed by atoms with Crippen molar-refractivity contribution in [3.8, 4) is 5.75 Å². The first-order valence-electron chi connectivity index (χ1n) is 15.5. The van der Waals surface area contributed by atoms with Gasteiger partial charge in [-0.2, -0.15) is 0 Å². The molecule has 0 radical (unpaired) electrons. The Labute approximate surface area is 254 Å². The largest absolute Gasteiger partial charge is 0.491 e. The van der Waals surface area contributed by atoms with E-state index in [0.717, 1.165) is 72.4 Å². The van der Waals surface area contributed by atoms with Gasteiger partial charge in [-0.3, -0.25) is 20.1 Å². The van der Waals surface area contributed by atoms with Crippen LogP contribution in [0.25, 0.3) is 0 Å². The zero-order chi connectivity index (χ0) is 28.9. The number of carbonyl (C=O) groups excluding carboxylic acids is 1. The van der Waals surface area contributed by atoms with Crippen LogP contribution in [0.2, 0.25) is 0 Å². The predicted molar refractivity (Wildman–Crippen MR) is 172 cm³/mol. The summed E-state index contributed by atoms with van der Waals surface area (Å²) in [7, 11) is 0. The third-order valence-corrected chi connectivity index (χ3v) is 9.69. The maximum atomic E-state index is 13.9. The van der Waals surface area contributed by atoms with Crippen molar-refractivity contribution in [2.45, 2.75) is 92.8 Å². The van der Waals surface area contributed by atoms with Crippen LogP contribution in [0.15, 0.2) is 93.6 Å². The SMILES string of the molecule is CC(C)Oc1cccc(CN2CCC3(CC2)C(=NC2CCCCC2)NC(=O)N3c2ccccc2Sc2ccccc2)c1. The molecule has 0 bridgehead atoms. The Morgan fingerprint density at radius 1 is 0.952 bits per heavy atom. The van der Waals surface area contributed by atoms with E-state index in [1.165, 1.54) is 24.8 Å². The van der Waals surface area contributed by atoms with Gasteiger partial charge in [0.25, 0.3) is 0 Å². The average molecular weight is 583 g/mol. The summed E-state index contributed by atoms with van der Waals surface area (Å²) in [6, 6.07) is 27.4. The normalized spacial score (nSPS) is 20.4. The lowest BCUT2D eigenvalue weighted by atomic mass is 9.84. The molecule has 3 aromatic carbocycles. The van der Waals surface area contributed by atoms with Crippen molar-refractivity contribution < 1.29 is 9.53 Å². The third kappa shape index (κ3) is 6.37. The summed E-state index contributed by atoms with van der Waals surface area (Å²) in [4.78, 5) is 26.0. The Bertz CT molecular complexity index is 1390. The van der Waals surface area contributed by atoms with Gasteiger partial charge < -0.3 is 4.74 Å². The fraction of sp³-hybridized carbons (Fsp3) is 0.429. The number of nitrogens with one attached hydrogen (secondary N) is 1. The van der Waals surface area contributed by atoms with Gasteiger partial charge in [0.15, 0.2) is 0 Å². The molecule has 0 unspecified atom stereocenters. The van der Waals surface area contributed by atoms with Gasteiger partial charge >= 0.3 is 6.03 Å². The van der Waals surface area contributed by atoms with Crippen LogP contribution in [0.1, 0.15) is 64.4 Å². The van der Waals surface area contributed by atoms with E-state index < -0.39 is 5.54 Å². The Kier molecular flexibility index (Phi) is 8.86. The number of amides is 2. The third-order valence-electron chi connectivity index (χ3n) is 8.62. The minimum absolute atomic E-state index is 0.0577. The molecule has 0 atom stereocenters. The molecule has 2 amide bonds. The molecule has 1 N–H and O–H groups in total. The van der Waals surface area contributed by atoms with Crippen LogP contribution in [0.5, 0.6) is 5.75 Å². The molecule has 3 aromatic rings. The summed E-state index contributed by atoms with van der Waals surface area (Å²) < 4.78 is 5.95. The highest BCUT2D eigenvalue weighted by atomic mass is 32.2. The van der Waals surface area contributed by atoms with Crippen molar-refractivity contribution >= 4 is 29.3 Å². The zero-order valence-electron chi connectivity index (χ0n) is 24.8. The molecule has 220 valence electrons. The summed E-state index contributed by atoms with van der Waals surface area (Å²) in [5, 5.41) is 3.28. The lowest BCUT2D eigenvalue weighted by molar-refractivity contribution is 0.183. The van der Waals surface area contributed by atoms with Gasteiger partial charge in [-0.15, -0.1) is 0 Å². The number of benzene rings is 3. The number of carbonyl (C=O) groups is 1. The second kappa shape index (κ2) is 12.9. The summed E-state index contributed by atoms with van der Waals surface area (Å²) in [6.07, 6.45) is 7.76. The van der Waals surface area contributed by atoms with E-state index in [1.54, 1.807) is 11.8 Å². The predicted octanol–water partition coefficient (Wildman–Crippen LogP) is 7.92. The highest BCUT2D eigenvalue weighted by Gasteiger charge is 2.53. The van der Waals surface area contributed by atoms with E-state index in [0.29, 0.717) is 6.04 Å². The van der Waals surface area contributed by atoms with E-state index in [9.17, 15) is 4.79 Å². The molecule has 7 heteroatoms. The molecule has 42 heavy (non-hydrogen) atoms. The van der Waals surface area contributed by atoms with Crippen molar-refractivity contribution in [3.63, 3.8) is 0 Å². The van der Waals surface area contributed by atoms with E-state index in [1.807, 2.05) is 23.1 Å². The minimum Gasteiger partial charge on any atom is -0.491 e. The summed E-state index contributed by atoms with van der Waals surface area (Å²) in [5.74, 6) is 1.80. The van der Waals surface area contributed by atoms with Crippen LogP contribution in [-0.2, 0) is 6.54 Å². The van der Waals surface area contributed by atoms with Crippen molar-refractivity contribution in [2.24, 2.45) is 4.99 Å². The number of hydrogen-bond acceptors (Lipinski definition) is 5. The van der Waals surface area contributed by atoms with Crippen molar-refractivity contribution in [1.29, 1.82) is 0 Å². The molecular weight excluding hydrogens is 540 g/mol. The molecule has 6 rings (SSSR count). The topological polar surface area (TPSA) is 57.2 Å². The molecule has 6 nitrogen and oxygen atoms in total. The number of nitrogens with zero attached hydrogens (tertiary/aromatic N) is 3. The van der Waals surface area contributed by atoms with Crippen LogP contribution in [0.3, 0.4) is 0 Å². The molecule has 2 aliphatic heterocycles. The number of aliphatic imine (C=N–C) groups is 1. The second-order valence-electron chi connectivity index (χ2n) is 12.0. The molecule has 2 saturated heterocycles. The Hall–Kier alpha value is -3.29. The number of para-hydroxylation sites is 1. The number of amidine groups is 1. The van der Waals surface area contributed by atoms with Crippen LogP contribution < -0.4 is 15.0 Å². The van der Waals surface area contributed by atoms with E-state index in [4.69, 9.17) is 9.73 Å². The maximum absolute atomic E-state index is 13.9. The molecular formula is C35H42N4O2S. The van der Waals surface area contributed by atoms with E-state index in [-0.39, 0.29) is 12.1 Å². The summed E-state index contributed by atoms with van der Waals surface area (Å²) in [5.41, 5.74) is 1.74. The van der Waals surface area contributed by atoms with Crippen molar-refractivity contribution in [3.05, 3.63) is 84.4 Å². The lowest BCUT2D eigenvalue weighted by Crippen LogP contribution is -2.57. The second-order valence-corrected chi connectivity index (χ2v) is 13.2. The Morgan fingerprint density at radius 2 is 1.69 bits per heavy atom. The van der Waals surface area contributed by atoms with Gasteiger partial charge in [0, 0.05) is 29.4 Å². The zero-order valence-corrected chi connectivity index (χ0v) is 25.6. The summed E-state index contributed by atoms with van der Waals surface area (Å²) in [6.45, 7) is 6.75. The Balaban J connectivity index is 1.29. The first-order valence-corrected chi connectivity index (χ1v) is 16.3. The number of likely N-dealkylation sites (tertiary alicyclic amines) is 1. The summed E-state index contributed by atoms with van der Waals surface area (Å²) >= 11 is 1.71. The van der Waals surface area contributed by atoms with Gasteiger partial charge in [0.1, 0.15) is 17.1 Å². The highest BCUT2D eigenvalue weighted by molar-refractivity contribution is 7.99. The van der Waals surface area contributed by atoms with Crippen LogP contribution in [0, 0.1) is 0 Å². The number of piperidine rings is 1. The number of ether oxygens (including phenoxy) is 1. The highest BCUT2D eigenvalue weighted by Crippen LogP contribution is 2.44.